The maximum absolute atomic E-state index is 13.0. The molecule has 0 aliphatic heterocycles. The molecule has 0 saturated heterocycles. The number of hydrogen-bond acceptors (Lipinski definition) is 3. The van der Waals surface area contributed by atoms with E-state index in [0.29, 0.717) is 30.5 Å². The summed E-state index contributed by atoms with van der Waals surface area (Å²) in [6.07, 6.45) is 17.6. The Morgan fingerprint density at radius 1 is 0.939 bits per heavy atom. The summed E-state index contributed by atoms with van der Waals surface area (Å²) in [6, 6.07) is 1.78. The number of carbonyl (C=O) groups excluding carboxylic acids is 2. The van der Waals surface area contributed by atoms with Gasteiger partial charge in [0.05, 0.1) is 0 Å². The van der Waals surface area contributed by atoms with Gasteiger partial charge in [0.2, 0.25) is 5.78 Å². The molecular formula is C30H49NO2. The quantitative estimate of drug-likeness (QED) is 0.225. The number of unbranched alkanes of at least 4 members (excludes halogenated alkanes) is 2. The van der Waals surface area contributed by atoms with Crippen LogP contribution in [0.25, 0.3) is 0 Å². The highest BCUT2D eigenvalue weighted by Gasteiger charge is 2.42. The minimum Gasteiger partial charge on any atom is -0.300 e. The van der Waals surface area contributed by atoms with E-state index in [1.165, 1.54) is 57.8 Å². The monoisotopic (exact) mass is 455 g/mol. The Hall–Kier alpha value is -1.14. The predicted octanol–water partition coefficient (Wildman–Crippen LogP) is 6.97. The molecule has 3 saturated carbocycles. The van der Waals surface area contributed by atoms with Crippen LogP contribution in [0.3, 0.4) is 0 Å². The van der Waals surface area contributed by atoms with Crippen LogP contribution in [0.1, 0.15) is 124 Å². The summed E-state index contributed by atoms with van der Waals surface area (Å²) >= 11 is 0. The van der Waals surface area contributed by atoms with Crippen LogP contribution in [0.15, 0.2) is 0 Å². The van der Waals surface area contributed by atoms with E-state index in [4.69, 9.17) is 0 Å². The Morgan fingerprint density at radius 3 is 2.27 bits per heavy atom. The van der Waals surface area contributed by atoms with Gasteiger partial charge in [-0.05, 0) is 83.0 Å². The molecule has 0 amide bonds. The van der Waals surface area contributed by atoms with Crippen LogP contribution < -0.4 is 0 Å². The van der Waals surface area contributed by atoms with Crippen LogP contribution in [0.4, 0.5) is 0 Å². The van der Waals surface area contributed by atoms with E-state index in [-0.39, 0.29) is 23.4 Å². The summed E-state index contributed by atoms with van der Waals surface area (Å²) in [6.45, 7) is 8.77. The first-order valence-corrected chi connectivity index (χ1v) is 14.2. The Labute approximate surface area is 203 Å². The number of rotatable bonds is 8. The number of nitrogens with zero attached hydrogens (tertiary/aromatic N) is 1. The van der Waals surface area contributed by atoms with Crippen LogP contribution >= 0.6 is 0 Å². The van der Waals surface area contributed by atoms with Gasteiger partial charge in [-0.3, -0.25) is 14.5 Å². The molecule has 0 bridgehead atoms. The molecule has 3 nitrogen and oxygen atoms in total. The van der Waals surface area contributed by atoms with Gasteiger partial charge in [0.15, 0.2) is 0 Å². The molecule has 3 rings (SSSR count). The summed E-state index contributed by atoms with van der Waals surface area (Å²) in [5.41, 5.74) is 0. The van der Waals surface area contributed by atoms with Crippen molar-refractivity contribution < 1.29 is 9.59 Å². The summed E-state index contributed by atoms with van der Waals surface area (Å²) in [7, 11) is 0. The standard InChI is InChI=1S/C30H49NO2/c1-5-6-7-11-18-30(33)27-20-25(19-26(21-27)24(4)32)23(3)31(28-15-9-8-10-16-28)29-17-13-12-14-22(29)2/h22-23,25-29H,5-10,12-17,19-21H2,1-4H3/t22-,23?,25?,26?,27?,29?/m1/s1. The van der Waals surface area contributed by atoms with Gasteiger partial charge in [0, 0.05) is 36.4 Å². The minimum absolute atomic E-state index is 0.0228. The van der Waals surface area contributed by atoms with Gasteiger partial charge in [-0.25, -0.2) is 0 Å². The van der Waals surface area contributed by atoms with Crippen LogP contribution in [0, 0.1) is 35.5 Å². The van der Waals surface area contributed by atoms with E-state index in [1.807, 2.05) is 0 Å². The highest BCUT2D eigenvalue weighted by Crippen LogP contribution is 2.42. The van der Waals surface area contributed by atoms with Gasteiger partial charge in [-0.2, -0.15) is 0 Å². The lowest BCUT2D eigenvalue weighted by Crippen LogP contribution is -2.55. The Morgan fingerprint density at radius 2 is 1.61 bits per heavy atom. The molecule has 0 aromatic heterocycles. The van der Waals surface area contributed by atoms with Crippen LogP contribution in [-0.2, 0) is 9.59 Å². The maximum Gasteiger partial charge on any atom is 0.208 e. The normalized spacial score (nSPS) is 32.1. The fourth-order valence-electron chi connectivity index (χ4n) is 7.09. The van der Waals surface area contributed by atoms with Gasteiger partial charge in [0.1, 0.15) is 5.78 Å². The third kappa shape index (κ3) is 7.17. The second kappa shape index (κ2) is 13.1. The van der Waals surface area contributed by atoms with Crippen molar-refractivity contribution in [1.82, 2.24) is 4.90 Å². The number of ketones is 2. The van der Waals surface area contributed by atoms with Gasteiger partial charge in [-0.15, -0.1) is 0 Å². The Bertz CT molecular complexity index is 698. The Kier molecular flexibility index (Phi) is 10.5. The second-order valence-electron chi connectivity index (χ2n) is 11.6. The summed E-state index contributed by atoms with van der Waals surface area (Å²) in [4.78, 5) is 28.4. The zero-order valence-electron chi connectivity index (χ0n) is 21.9. The number of Topliss-reactive ketones (excluding diaryl/α,β-unsaturated/α-hetero) is 2. The van der Waals surface area contributed by atoms with Crippen LogP contribution in [-0.4, -0.2) is 34.6 Å². The Balaban J connectivity index is 1.80. The minimum atomic E-state index is -0.0637. The van der Waals surface area contributed by atoms with Crippen molar-refractivity contribution in [3.05, 3.63) is 0 Å². The fourth-order valence-corrected chi connectivity index (χ4v) is 7.09. The van der Waals surface area contributed by atoms with Gasteiger partial charge >= 0.3 is 0 Å². The molecular weight excluding hydrogens is 406 g/mol. The highest BCUT2D eigenvalue weighted by atomic mass is 16.1. The third-order valence-electron chi connectivity index (χ3n) is 9.15. The smallest absolute Gasteiger partial charge is 0.208 e. The van der Waals surface area contributed by atoms with Crippen LogP contribution in [0.5, 0.6) is 0 Å². The van der Waals surface area contributed by atoms with Gasteiger partial charge < -0.3 is 0 Å². The maximum atomic E-state index is 13.0. The first-order chi connectivity index (χ1) is 15.9. The molecule has 0 N–H and O–H groups in total. The zero-order valence-corrected chi connectivity index (χ0v) is 21.9. The average molecular weight is 456 g/mol. The first-order valence-electron chi connectivity index (χ1n) is 14.2. The molecule has 3 aliphatic carbocycles. The fraction of sp³-hybridized carbons (Fsp3) is 0.867. The lowest BCUT2D eigenvalue weighted by atomic mass is 9.69. The van der Waals surface area contributed by atoms with Crippen molar-refractivity contribution in [3.63, 3.8) is 0 Å². The van der Waals surface area contributed by atoms with Gasteiger partial charge in [0.25, 0.3) is 0 Å². The summed E-state index contributed by atoms with van der Waals surface area (Å²) < 4.78 is 0. The topological polar surface area (TPSA) is 37.4 Å². The molecule has 33 heavy (non-hydrogen) atoms. The zero-order chi connectivity index (χ0) is 23.8. The average Bonchev–Trinajstić information content (AvgIpc) is 2.83. The molecule has 0 radical (unpaired) electrons. The lowest BCUT2D eigenvalue weighted by molar-refractivity contribution is -0.126. The molecule has 6 atom stereocenters. The van der Waals surface area contributed by atoms with Crippen LogP contribution in [0.2, 0.25) is 0 Å². The van der Waals surface area contributed by atoms with E-state index in [0.717, 1.165) is 38.0 Å². The molecule has 3 fully saturated rings. The predicted molar refractivity (Wildman–Crippen MR) is 137 cm³/mol. The van der Waals surface area contributed by atoms with E-state index < -0.39 is 0 Å². The van der Waals surface area contributed by atoms with E-state index in [1.54, 1.807) is 6.92 Å². The van der Waals surface area contributed by atoms with Crippen molar-refractivity contribution in [2.45, 2.75) is 142 Å². The molecule has 0 spiro atoms. The summed E-state index contributed by atoms with van der Waals surface area (Å²) in [5.74, 6) is 7.53. The molecule has 186 valence electrons. The molecule has 0 aromatic rings. The third-order valence-corrected chi connectivity index (χ3v) is 9.15. The molecule has 3 aliphatic rings. The van der Waals surface area contributed by atoms with E-state index in [9.17, 15) is 9.59 Å². The first kappa shape index (κ1) is 26.5. The number of hydrogen-bond donors (Lipinski definition) is 0. The summed E-state index contributed by atoms with van der Waals surface area (Å²) in [5, 5.41) is 0. The SMILES string of the molecule is CCCCC#CC(=O)C1CC(C(C)=O)CC(C(C)N(C2CCCCC2)C2CCCC[C@H]2C)C1. The van der Waals surface area contributed by atoms with E-state index >= 15 is 0 Å². The lowest BCUT2D eigenvalue weighted by Gasteiger charge is -2.51. The number of carbonyl (C=O) groups is 2. The van der Waals surface area contributed by atoms with E-state index in [2.05, 4.69) is 37.5 Å². The molecule has 0 heterocycles. The molecule has 5 unspecified atom stereocenters. The molecule has 0 aromatic carbocycles. The second-order valence-corrected chi connectivity index (χ2v) is 11.6. The largest absolute Gasteiger partial charge is 0.300 e. The van der Waals surface area contributed by atoms with Crippen molar-refractivity contribution in [2.24, 2.45) is 23.7 Å². The van der Waals surface area contributed by atoms with Crippen molar-refractivity contribution >= 4 is 11.6 Å². The van der Waals surface area contributed by atoms with Crippen molar-refractivity contribution in [2.75, 3.05) is 0 Å². The van der Waals surface area contributed by atoms with Gasteiger partial charge in [-0.1, -0.05) is 58.3 Å². The highest BCUT2D eigenvalue weighted by molar-refractivity contribution is 5.97. The van der Waals surface area contributed by atoms with Crippen molar-refractivity contribution in [3.8, 4) is 11.8 Å². The van der Waals surface area contributed by atoms with Crippen molar-refractivity contribution in [1.29, 1.82) is 0 Å². The molecule has 3 heteroatoms.